The molecule has 0 atom stereocenters. The van der Waals surface area contributed by atoms with Crippen molar-refractivity contribution >= 4 is 28.4 Å². The van der Waals surface area contributed by atoms with Gasteiger partial charge in [-0.25, -0.2) is 4.79 Å². The number of carbonyl (C=O) groups is 1. The van der Waals surface area contributed by atoms with Gasteiger partial charge in [-0.15, -0.1) is 0 Å². The first kappa shape index (κ1) is 17.2. The highest BCUT2D eigenvalue weighted by Crippen LogP contribution is 2.32. The van der Waals surface area contributed by atoms with E-state index in [9.17, 15) is 9.59 Å². The van der Waals surface area contributed by atoms with E-state index < -0.39 is 0 Å². The maximum absolute atomic E-state index is 12.4. The Morgan fingerprint density at radius 3 is 2.60 bits per heavy atom. The lowest BCUT2D eigenvalue weighted by molar-refractivity contribution is -0.118. The van der Waals surface area contributed by atoms with E-state index in [0.29, 0.717) is 28.3 Å². The fraction of sp³-hybridized carbons (Fsp3) is 0.200. The molecule has 25 heavy (non-hydrogen) atoms. The molecule has 0 N–H and O–H groups in total. The molecule has 0 radical (unpaired) electrons. The van der Waals surface area contributed by atoms with Crippen LogP contribution in [0.2, 0.25) is 5.02 Å². The molecule has 0 bridgehead atoms. The van der Waals surface area contributed by atoms with Crippen molar-refractivity contribution in [2.24, 2.45) is 0 Å². The van der Waals surface area contributed by atoms with Gasteiger partial charge in [0.2, 0.25) is 0 Å². The first-order chi connectivity index (χ1) is 12.0. The predicted octanol–water partition coefficient (Wildman–Crippen LogP) is 4.31. The Labute approximate surface area is 150 Å². The number of aryl methyl sites for hydroxylation is 1. The van der Waals surface area contributed by atoms with Crippen molar-refractivity contribution < 1.29 is 13.9 Å². The average Bonchev–Trinajstić information content (AvgIpc) is 2.58. The van der Waals surface area contributed by atoms with Crippen molar-refractivity contribution in [3.05, 3.63) is 74.6 Å². The number of benzene rings is 2. The Kier molecular flexibility index (Phi) is 4.91. The molecule has 1 heterocycles. The number of rotatable bonds is 5. The standard InChI is InChI=1S/C20H17ClO4/c1-12(22)11-24-19-10-18-15(9-17(19)21)13(2)16(20(23)25-18)8-14-6-4-3-5-7-14/h3-7,9-10H,8,11H2,1-2H3. The molecular formula is C20H17ClO4. The summed E-state index contributed by atoms with van der Waals surface area (Å²) in [6, 6.07) is 13.0. The molecule has 0 amide bonds. The fourth-order valence-corrected chi connectivity index (χ4v) is 2.90. The predicted molar refractivity (Wildman–Crippen MR) is 97.7 cm³/mol. The van der Waals surface area contributed by atoms with Gasteiger partial charge < -0.3 is 9.15 Å². The summed E-state index contributed by atoms with van der Waals surface area (Å²) in [7, 11) is 0. The highest BCUT2D eigenvalue weighted by Gasteiger charge is 2.15. The van der Waals surface area contributed by atoms with E-state index >= 15 is 0 Å². The topological polar surface area (TPSA) is 56.5 Å². The highest BCUT2D eigenvalue weighted by molar-refractivity contribution is 6.32. The van der Waals surface area contributed by atoms with E-state index in [0.717, 1.165) is 16.5 Å². The zero-order chi connectivity index (χ0) is 18.0. The van der Waals surface area contributed by atoms with Gasteiger partial charge in [0.15, 0.2) is 5.78 Å². The second kappa shape index (κ2) is 7.11. The second-order valence-corrected chi connectivity index (χ2v) is 6.33. The Bertz CT molecular complexity index is 990. The van der Waals surface area contributed by atoms with E-state index in [2.05, 4.69) is 0 Å². The van der Waals surface area contributed by atoms with Gasteiger partial charge >= 0.3 is 5.63 Å². The van der Waals surface area contributed by atoms with E-state index in [4.69, 9.17) is 20.8 Å². The van der Waals surface area contributed by atoms with Crippen LogP contribution in [0.4, 0.5) is 0 Å². The van der Waals surface area contributed by atoms with Crippen molar-refractivity contribution in [3.63, 3.8) is 0 Å². The third kappa shape index (κ3) is 3.74. The quantitative estimate of drug-likeness (QED) is 0.639. The molecule has 0 saturated carbocycles. The van der Waals surface area contributed by atoms with Crippen LogP contribution in [0.25, 0.3) is 11.0 Å². The summed E-state index contributed by atoms with van der Waals surface area (Å²) < 4.78 is 10.8. The first-order valence-electron chi connectivity index (χ1n) is 7.87. The Hall–Kier alpha value is -2.59. The number of fused-ring (bicyclic) bond motifs is 1. The van der Waals surface area contributed by atoms with Crippen LogP contribution in [0, 0.1) is 6.92 Å². The van der Waals surface area contributed by atoms with Crippen molar-refractivity contribution in [1.29, 1.82) is 0 Å². The van der Waals surface area contributed by atoms with Crippen LogP contribution in [-0.2, 0) is 11.2 Å². The zero-order valence-electron chi connectivity index (χ0n) is 14.0. The summed E-state index contributed by atoms with van der Waals surface area (Å²) >= 11 is 6.25. The van der Waals surface area contributed by atoms with E-state index in [1.54, 1.807) is 12.1 Å². The normalized spacial score (nSPS) is 10.8. The molecule has 4 nitrogen and oxygen atoms in total. The molecule has 3 rings (SSSR count). The Balaban J connectivity index is 2.06. The summed E-state index contributed by atoms with van der Waals surface area (Å²) in [4.78, 5) is 23.5. The molecule has 0 aliphatic rings. The number of carbonyl (C=O) groups excluding carboxylic acids is 1. The maximum atomic E-state index is 12.4. The number of hydrogen-bond acceptors (Lipinski definition) is 4. The maximum Gasteiger partial charge on any atom is 0.340 e. The van der Waals surface area contributed by atoms with E-state index in [1.807, 2.05) is 37.3 Å². The van der Waals surface area contributed by atoms with Gasteiger partial charge in [0.05, 0.1) is 5.02 Å². The summed E-state index contributed by atoms with van der Waals surface area (Å²) in [5, 5.41) is 1.13. The fourth-order valence-electron chi connectivity index (χ4n) is 2.68. The molecule has 0 fully saturated rings. The van der Waals surface area contributed by atoms with Crippen LogP contribution in [-0.4, -0.2) is 12.4 Å². The SMILES string of the molecule is CC(=O)COc1cc2oc(=O)c(Cc3ccccc3)c(C)c2cc1Cl. The summed E-state index contributed by atoms with van der Waals surface area (Å²) in [5.41, 5.74) is 2.48. The molecule has 0 unspecified atom stereocenters. The van der Waals surface area contributed by atoms with Gasteiger partial charge in [-0.2, -0.15) is 0 Å². The van der Waals surface area contributed by atoms with Crippen LogP contribution in [0.15, 0.2) is 51.7 Å². The molecule has 3 aromatic rings. The third-order valence-corrected chi connectivity index (χ3v) is 4.29. The Morgan fingerprint density at radius 1 is 1.20 bits per heavy atom. The monoisotopic (exact) mass is 356 g/mol. The average molecular weight is 357 g/mol. The number of ether oxygens (including phenoxy) is 1. The lowest BCUT2D eigenvalue weighted by atomic mass is 9.99. The Morgan fingerprint density at radius 2 is 1.92 bits per heavy atom. The van der Waals surface area contributed by atoms with Crippen molar-refractivity contribution in [2.45, 2.75) is 20.3 Å². The molecule has 2 aromatic carbocycles. The number of ketones is 1. The van der Waals surface area contributed by atoms with Crippen LogP contribution in [0.5, 0.6) is 5.75 Å². The number of Topliss-reactive ketones (excluding diaryl/α,β-unsaturated/α-hetero) is 1. The second-order valence-electron chi connectivity index (χ2n) is 5.92. The summed E-state index contributed by atoms with van der Waals surface area (Å²) in [5.74, 6) is 0.203. The molecule has 0 aliphatic carbocycles. The van der Waals surface area contributed by atoms with E-state index in [-0.39, 0.29) is 18.0 Å². The van der Waals surface area contributed by atoms with Gasteiger partial charge in [0.1, 0.15) is 17.9 Å². The highest BCUT2D eigenvalue weighted by atomic mass is 35.5. The molecule has 0 spiro atoms. The lowest BCUT2D eigenvalue weighted by Crippen LogP contribution is -2.11. The summed E-state index contributed by atoms with van der Waals surface area (Å²) in [6.45, 7) is 3.22. The van der Waals surface area contributed by atoms with Crippen molar-refractivity contribution in [3.8, 4) is 5.75 Å². The zero-order valence-corrected chi connectivity index (χ0v) is 14.7. The molecule has 1 aromatic heterocycles. The molecular weight excluding hydrogens is 340 g/mol. The number of hydrogen-bond donors (Lipinski definition) is 0. The minimum Gasteiger partial charge on any atom is -0.484 e. The van der Waals surface area contributed by atoms with Crippen molar-refractivity contribution in [2.75, 3.05) is 6.61 Å². The van der Waals surface area contributed by atoms with Crippen LogP contribution in [0.3, 0.4) is 0 Å². The number of halogens is 1. The third-order valence-electron chi connectivity index (χ3n) is 3.99. The van der Waals surface area contributed by atoms with Gasteiger partial charge in [0, 0.05) is 23.4 Å². The molecule has 128 valence electrons. The molecule has 0 saturated heterocycles. The summed E-state index contributed by atoms with van der Waals surface area (Å²) in [6.07, 6.45) is 0.491. The largest absolute Gasteiger partial charge is 0.484 e. The van der Waals surface area contributed by atoms with Crippen LogP contribution in [0.1, 0.15) is 23.6 Å². The minimum atomic E-state index is -0.381. The van der Waals surface area contributed by atoms with Gasteiger partial charge in [-0.3, -0.25) is 4.79 Å². The van der Waals surface area contributed by atoms with Crippen molar-refractivity contribution in [1.82, 2.24) is 0 Å². The van der Waals surface area contributed by atoms with Gasteiger partial charge in [-0.05, 0) is 31.0 Å². The van der Waals surface area contributed by atoms with Crippen LogP contribution >= 0.6 is 11.6 Å². The van der Waals surface area contributed by atoms with Gasteiger partial charge in [-0.1, -0.05) is 41.9 Å². The van der Waals surface area contributed by atoms with Gasteiger partial charge in [0.25, 0.3) is 0 Å². The minimum absolute atomic E-state index is 0.0828. The van der Waals surface area contributed by atoms with E-state index in [1.165, 1.54) is 6.92 Å². The molecule has 5 heteroatoms. The smallest absolute Gasteiger partial charge is 0.340 e. The lowest BCUT2D eigenvalue weighted by Gasteiger charge is -2.11. The molecule has 0 aliphatic heterocycles. The van der Waals surface area contributed by atoms with Crippen LogP contribution < -0.4 is 10.4 Å². The first-order valence-corrected chi connectivity index (χ1v) is 8.25.